The van der Waals surface area contributed by atoms with Crippen LogP contribution in [0.3, 0.4) is 0 Å². The fourth-order valence-corrected chi connectivity index (χ4v) is 3.47. The van der Waals surface area contributed by atoms with E-state index in [0.717, 1.165) is 23.9 Å². The minimum absolute atomic E-state index is 0.0633. The molecule has 0 spiro atoms. The summed E-state index contributed by atoms with van der Waals surface area (Å²) in [5.41, 5.74) is -0.749. The van der Waals surface area contributed by atoms with E-state index in [2.05, 4.69) is 20.8 Å². The van der Waals surface area contributed by atoms with Gasteiger partial charge in [0.1, 0.15) is 11.0 Å². The molecule has 1 heterocycles. The van der Waals surface area contributed by atoms with Crippen molar-refractivity contribution in [1.29, 1.82) is 0 Å². The van der Waals surface area contributed by atoms with Crippen molar-refractivity contribution in [1.82, 2.24) is 5.32 Å². The maximum Gasteiger partial charge on any atom is 0.418 e. The van der Waals surface area contributed by atoms with Crippen molar-refractivity contribution in [2.75, 3.05) is 5.32 Å². The number of hydrogen-bond acceptors (Lipinski definition) is 6. The first-order valence-corrected chi connectivity index (χ1v) is 9.44. The van der Waals surface area contributed by atoms with Crippen molar-refractivity contribution in [3.8, 4) is 5.75 Å². The van der Waals surface area contributed by atoms with Crippen LogP contribution in [0.1, 0.15) is 17.5 Å². The van der Waals surface area contributed by atoms with Crippen molar-refractivity contribution in [2.45, 2.75) is 17.8 Å². The first-order chi connectivity index (χ1) is 14.2. The third-order valence-corrected chi connectivity index (χ3v) is 4.95. The number of benzene rings is 2. The van der Waals surface area contributed by atoms with Gasteiger partial charge in [0.25, 0.3) is 0 Å². The third-order valence-electron chi connectivity index (χ3n) is 3.88. The second-order valence-corrected chi connectivity index (χ2v) is 7.33. The summed E-state index contributed by atoms with van der Waals surface area (Å²) in [5.74, 6) is -1.16. The maximum absolute atomic E-state index is 13.0. The molecule has 1 aliphatic rings. The van der Waals surface area contributed by atoms with E-state index in [1.807, 2.05) is 0 Å². The predicted molar refractivity (Wildman–Crippen MR) is 107 cm³/mol. The molecule has 1 fully saturated rings. The zero-order valence-corrected chi connectivity index (χ0v) is 16.0. The molecule has 156 valence electrons. The van der Waals surface area contributed by atoms with E-state index in [-0.39, 0.29) is 23.0 Å². The van der Waals surface area contributed by atoms with Crippen LogP contribution in [0.2, 0.25) is 0 Å². The van der Waals surface area contributed by atoms with Crippen LogP contribution in [0.25, 0.3) is 0 Å². The van der Waals surface area contributed by atoms with Gasteiger partial charge in [0, 0.05) is 6.42 Å². The highest BCUT2D eigenvalue weighted by atomic mass is 32.2. The van der Waals surface area contributed by atoms with E-state index in [0.29, 0.717) is 5.56 Å². The largest absolute Gasteiger partial charge is 0.508 e. The van der Waals surface area contributed by atoms with E-state index in [9.17, 15) is 27.9 Å². The molecule has 0 aromatic heterocycles. The zero-order chi connectivity index (χ0) is 21.7. The number of phenolic OH excluding ortho intramolecular Hbond substituents is 1. The number of thioether (sulfide) groups is 1. The van der Waals surface area contributed by atoms with Crippen molar-refractivity contribution in [3.63, 3.8) is 0 Å². The van der Waals surface area contributed by atoms with Crippen molar-refractivity contribution >= 4 is 40.6 Å². The van der Waals surface area contributed by atoms with Crippen molar-refractivity contribution < 1.29 is 27.9 Å². The van der Waals surface area contributed by atoms with Crippen LogP contribution in [0, 0.1) is 0 Å². The van der Waals surface area contributed by atoms with E-state index in [1.165, 1.54) is 30.5 Å². The predicted octanol–water partition coefficient (Wildman–Crippen LogP) is 3.36. The Hall–Kier alpha value is -3.34. The molecule has 2 aromatic carbocycles. The van der Waals surface area contributed by atoms with Gasteiger partial charge in [-0.1, -0.05) is 36.0 Å². The molecule has 0 aliphatic carbocycles. The summed E-state index contributed by atoms with van der Waals surface area (Å²) in [4.78, 5) is 24.2. The summed E-state index contributed by atoms with van der Waals surface area (Å²) in [5, 5.41) is 21.0. The molecule has 3 N–H and O–H groups in total. The Kier molecular flexibility index (Phi) is 6.40. The van der Waals surface area contributed by atoms with E-state index < -0.39 is 28.8 Å². The molecule has 1 saturated heterocycles. The van der Waals surface area contributed by atoms with Gasteiger partial charge in [0.05, 0.1) is 17.5 Å². The van der Waals surface area contributed by atoms with Gasteiger partial charge in [-0.3, -0.25) is 9.59 Å². The number of anilines is 1. The summed E-state index contributed by atoms with van der Waals surface area (Å²) in [6, 6.07) is 10.9. The average Bonchev–Trinajstić information content (AvgIpc) is 3.00. The molecule has 3 rings (SSSR count). The van der Waals surface area contributed by atoms with E-state index in [4.69, 9.17) is 0 Å². The van der Waals surface area contributed by atoms with E-state index in [1.54, 1.807) is 12.1 Å². The third kappa shape index (κ3) is 5.60. The van der Waals surface area contributed by atoms with Gasteiger partial charge in [0.2, 0.25) is 11.8 Å². The van der Waals surface area contributed by atoms with Crippen LogP contribution >= 0.6 is 11.8 Å². The first kappa shape index (κ1) is 21.4. The Morgan fingerprint density at radius 2 is 2.00 bits per heavy atom. The Morgan fingerprint density at radius 1 is 1.23 bits per heavy atom. The van der Waals surface area contributed by atoms with Crippen molar-refractivity contribution in [3.05, 3.63) is 59.7 Å². The van der Waals surface area contributed by atoms with Gasteiger partial charge in [-0.05, 0) is 29.8 Å². The van der Waals surface area contributed by atoms with Crippen LogP contribution in [0.15, 0.2) is 58.7 Å². The van der Waals surface area contributed by atoms with Crippen LogP contribution in [0.4, 0.5) is 18.9 Å². The minimum Gasteiger partial charge on any atom is -0.508 e. The lowest BCUT2D eigenvalue weighted by molar-refractivity contribution is -0.137. The standard InChI is InChI=1S/C19H15F3N4O3S/c20-19(21,22)13-6-1-2-7-14(13)24-16(28)9-15-17(29)25-18(30-15)26-23-10-11-4-3-5-12(27)8-11/h1-8,10,15,27H,9H2,(H,24,28)(H,25,26,29)/b23-10-. The molecule has 0 radical (unpaired) electrons. The Balaban J connectivity index is 1.60. The number of nitrogens with one attached hydrogen (secondary N) is 2. The number of hydrogen-bond donors (Lipinski definition) is 3. The van der Waals surface area contributed by atoms with Crippen molar-refractivity contribution in [2.24, 2.45) is 10.2 Å². The number of phenols is 1. The number of carbonyl (C=O) groups excluding carboxylic acids is 2. The Labute approximate surface area is 173 Å². The average molecular weight is 436 g/mol. The van der Waals surface area contributed by atoms with Crippen LogP contribution in [-0.4, -0.2) is 33.6 Å². The minimum atomic E-state index is -4.61. The number of aromatic hydroxyl groups is 1. The summed E-state index contributed by atoms with van der Waals surface area (Å²) in [6.45, 7) is 0. The van der Waals surface area contributed by atoms with Gasteiger partial charge in [0.15, 0.2) is 5.17 Å². The summed E-state index contributed by atoms with van der Waals surface area (Å²) in [6.07, 6.45) is -3.58. The lowest BCUT2D eigenvalue weighted by atomic mass is 10.1. The van der Waals surface area contributed by atoms with E-state index >= 15 is 0 Å². The van der Waals surface area contributed by atoms with Gasteiger partial charge in [-0.15, -0.1) is 5.10 Å². The summed E-state index contributed by atoms with van der Waals surface area (Å²) in [7, 11) is 0. The number of rotatable bonds is 5. The number of carbonyl (C=O) groups is 2. The topological polar surface area (TPSA) is 103 Å². The normalized spacial score (nSPS) is 18.0. The molecule has 2 amide bonds. The Bertz CT molecular complexity index is 1020. The molecule has 1 unspecified atom stereocenters. The summed E-state index contributed by atoms with van der Waals surface area (Å²) < 4.78 is 39.1. The SMILES string of the molecule is O=C(CC1S/C(=N/N=C\c2cccc(O)c2)NC1=O)Nc1ccccc1C(F)(F)F. The second-order valence-electron chi connectivity index (χ2n) is 6.14. The number of amidine groups is 1. The number of halogens is 3. The van der Waals surface area contributed by atoms with Crippen LogP contribution in [0.5, 0.6) is 5.75 Å². The monoisotopic (exact) mass is 436 g/mol. The van der Waals surface area contributed by atoms with Crippen LogP contribution in [-0.2, 0) is 15.8 Å². The van der Waals surface area contributed by atoms with Gasteiger partial charge >= 0.3 is 6.18 Å². The smallest absolute Gasteiger partial charge is 0.418 e. The molecule has 7 nitrogen and oxygen atoms in total. The Morgan fingerprint density at radius 3 is 2.73 bits per heavy atom. The lowest BCUT2D eigenvalue weighted by Gasteiger charge is -2.14. The summed E-state index contributed by atoms with van der Waals surface area (Å²) >= 11 is 0.949. The van der Waals surface area contributed by atoms with Gasteiger partial charge in [-0.2, -0.15) is 18.3 Å². The van der Waals surface area contributed by atoms with Gasteiger partial charge < -0.3 is 15.7 Å². The lowest BCUT2D eigenvalue weighted by Crippen LogP contribution is -2.28. The second kappa shape index (κ2) is 8.99. The highest BCUT2D eigenvalue weighted by Gasteiger charge is 2.35. The number of alkyl halides is 3. The number of amides is 2. The molecular formula is C19H15F3N4O3S. The molecule has 11 heteroatoms. The number of nitrogens with zero attached hydrogens (tertiary/aromatic N) is 2. The van der Waals surface area contributed by atoms with Crippen LogP contribution < -0.4 is 10.6 Å². The molecule has 30 heavy (non-hydrogen) atoms. The fourth-order valence-electron chi connectivity index (χ4n) is 2.55. The van der Waals surface area contributed by atoms with Gasteiger partial charge in [-0.25, -0.2) is 0 Å². The maximum atomic E-state index is 13.0. The zero-order valence-electron chi connectivity index (χ0n) is 15.2. The number of para-hydroxylation sites is 1. The molecule has 0 bridgehead atoms. The highest BCUT2D eigenvalue weighted by Crippen LogP contribution is 2.34. The fraction of sp³-hybridized carbons (Fsp3) is 0.158. The quantitative estimate of drug-likeness (QED) is 0.494. The highest BCUT2D eigenvalue weighted by molar-refractivity contribution is 8.15. The molecule has 1 atom stereocenters. The molecular weight excluding hydrogens is 421 g/mol. The molecule has 2 aromatic rings. The molecule has 1 aliphatic heterocycles. The first-order valence-electron chi connectivity index (χ1n) is 8.56. The molecule has 0 saturated carbocycles.